The molecule has 1 heterocycles. The van der Waals surface area contributed by atoms with Gasteiger partial charge in [0.05, 0.1) is 11.7 Å². The highest BCUT2D eigenvalue weighted by atomic mass is 79.9. The van der Waals surface area contributed by atoms with Crippen molar-refractivity contribution in [1.29, 1.82) is 0 Å². The summed E-state index contributed by atoms with van der Waals surface area (Å²) in [6, 6.07) is 13.1. The molecule has 104 valence electrons. The van der Waals surface area contributed by atoms with Gasteiger partial charge in [0, 0.05) is 21.0 Å². The Morgan fingerprint density at radius 1 is 1.30 bits per heavy atom. The van der Waals surface area contributed by atoms with Crippen LogP contribution in [0.25, 0.3) is 0 Å². The fraction of sp³-hybridized carbons (Fsp3) is 0.250. The van der Waals surface area contributed by atoms with E-state index in [0.29, 0.717) is 6.04 Å². The van der Waals surface area contributed by atoms with Crippen LogP contribution >= 0.6 is 39.3 Å². The van der Waals surface area contributed by atoms with Crippen LogP contribution in [0.2, 0.25) is 5.02 Å². The van der Waals surface area contributed by atoms with Crippen LogP contribution < -0.4 is 5.32 Å². The largest absolute Gasteiger partial charge is 0.376 e. The van der Waals surface area contributed by atoms with Gasteiger partial charge in [-0.3, -0.25) is 0 Å². The molecule has 0 amide bonds. The van der Waals surface area contributed by atoms with Gasteiger partial charge in [-0.1, -0.05) is 35.9 Å². The SMILES string of the molecule is Cc1cc(Br)c(NC2CSCc3ccccc32)cc1Cl. The fourth-order valence-electron chi connectivity index (χ4n) is 2.45. The number of benzene rings is 2. The molecule has 0 aromatic heterocycles. The van der Waals surface area contributed by atoms with Crippen LogP contribution in [0.3, 0.4) is 0 Å². The van der Waals surface area contributed by atoms with Crippen LogP contribution in [0.1, 0.15) is 22.7 Å². The van der Waals surface area contributed by atoms with Gasteiger partial charge in [-0.15, -0.1) is 0 Å². The number of nitrogens with one attached hydrogen (secondary N) is 1. The van der Waals surface area contributed by atoms with E-state index in [0.717, 1.165) is 32.3 Å². The Morgan fingerprint density at radius 3 is 2.95 bits per heavy atom. The van der Waals surface area contributed by atoms with Crippen LogP contribution in [0, 0.1) is 6.92 Å². The topological polar surface area (TPSA) is 12.0 Å². The van der Waals surface area contributed by atoms with Gasteiger partial charge in [0.1, 0.15) is 0 Å². The predicted octanol–water partition coefficient (Wildman–Crippen LogP) is 5.81. The van der Waals surface area contributed by atoms with Gasteiger partial charge in [0.15, 0.2) is 0 Å². The number of aryl methyl sites for hydroxylation is 1. The first kappa shape index (κ1) is 14.3. The third-order valence-electron chi connectivity index (χ3n) is 3.55. The smallest absolute Gasteiger partial charge is 0.0607 e. The van der Waals surface area contributed by atoms with Crippen LogP contribution in [0.4, 0.5) is 5.69 Å². The second kappa shape index (κ2) is 6.00. The minimum Gasteiger partial charge on any atom is -0.376 e. The molecule has 0 radical (unpaired) electrons. The van der Waals surface area contributed by atoms with Gasteiger partial charge in [-0.2, -0.15) is 11.8 Å². The standard InChI is InChI=1S/C16H15BrClNS/c1-10-6-13(17)15(7-14(10)18)19-16-9-20-8-11-4-2-3-5-12(11)16/h2-7,16,19H,8-9H2,1H3. The molecular formula is C16H15BrClNS. The van der Waals surface area contributed by atoms with Crippen molar-refractivity contribution in [2.45, 2.75) is 18.7 Å². The van der Waals surface area contributed by atoms with Crippen LogP contribution in [-0.4, -0.2) is 5.75 Å². The highest BCUT2D eigenvalue weighted by Gasteiger charge is 2.20. The average Bonchev–Trinajstić information content (AvgIpc) is 2.45. The van der Waals surface area contributed by atoms with E-state index < -0.39 is 0 Å². The maximum Gasteiger partial charge on any atom is 0.0607 e. The second-order valence-corrected chi connectivity index (χ2v) is 7.28. The van der Waals surface area contributed by atoms with Crippen molar-refractivity contribution in [1.82, 2.24) is 0 Å². The van der Waals surface area contributed by atoms with Gasteiger partial charge in [-0.05, 0) is 51.7 Å². The zero-order valence-electron chi connectivity index (χ0n) is 11.1. The second-order valence-electron chi connectivity index (χ2n) is 4.99. The molecule has 1 nitrogen and oxygen atoms in total. The lowest BCUT2D eigenvalue weighted by atomic mass is 10.0. The molecule has 2 aromatic rings. The Kier molecular flexibility index (Phi) is 4.29. The summed E-state index contributed by atoms with van der Waals surface area (Å²) in [6.45, 7) is 2.02. The molecule has 0 aliphatic carbocycles. The highest BCUT2D eigenvalue weighted by molar-refractivity contribution is 9.10. The minimum atomic E-state index is 0.333. The molecule has 0 bridgehead atoms. The molecule has 0 saturated heterocycles. The van der Waals surface area contributed by atoms with Gasteiger partial charge < -0.3 is 5.32 Å². The summed E-state index contributed by atoms with van der Waals surface area (Å²) in [4.78, 5) is 0. The fourth-order valence-corrected chi connectivity index (χ4v) is 4.28. The molecule has 1 unspecified atom stereocenters. The lowest BCUT2D eigenvalue weighted by Crippen LogP contribution is -2.18. The van der Waals surface area contributed by atoms with E-state index in [1.54, 1.807) is 0 Å². The summed E-state index contributed by atoms with van der Waals surface area (Å²) in [5, 5.41) is 4.42. The summed E-state index contributed by atoms with van der Waals surface area (Å²) >= 11 is 11.8. The number of hydrogen-bond acceptors (Lipinski definition) is 2. The van der Waals surface area contributed by atoms with Crippen molar-refractivity contribution in [2.75, 3.05) is 11.1 Å². The molecule has 1 atom stereocenters. The molecule has 3 rings (SSSR count). The van der Waals surface area contributed by atoms with Gasteiger partial charge in [0.25, 0.3) is 0 Å². The summed E-state index contributed by atoms with van der Waals surface area (Å²) in [6.07, 6.45) is 0. The van der Waals surface area contributed by atoms with Crippen molar-refractivity contribution in [3.63, 3.8) is 0 Å². The number of anilines is 1. The Labute approximate surface area is 137 Å². The maximum atomic E-state index is 6.24. The Bertz CT molecular complexity index is 644. The number of thioether (sulfide) groups is 1. The summed E-state index contributed by atoms with van der Waals surface area (Å²) < 4.78 is 1.06. The Morgan fingerprint density at radius 2 is 2.10 bits per heavy atom. The molecule has 1 aliphatic rings. The van der Waals surface area contributed by atoms with Crippen LogP contribution in [-0.2, 0) is 5.75 Å². The number of fused-ring (bicyclic) bond motifs is 1. The maximum absolute atomic E-state index is 6.24. The van der Waals surface area contributed by atoms with E-state index in [4.69, 9.17) is 11.6 Å². The van der Waals surface area contributed by atoms with Crippen LogP contribution in [0.15, 0.2) is 40.9 Å². The molecule has 2 aromatic carbocycles. The zero-order valence-corrected chi connectivity index (χ0v) is 14.3. The number of hydrogen-bond donors (Lipinski definition) is 1. The van der Waals surface area contributed by atoms with E-state index >= 15 is 0 Å². The first-order valence-electron chi connectivity index (χ1n) is 6.53. The molecule has 0 fully saturated rings. The molecule has 1 N–H and O–H groups in total. The first-order chi connectivity index (χ1) is 9.65. The predicted molar refractivity (Wildman–Crippen MR) is 92.9 cm³/mol. The lowest BCUT2D eigenvalue weighted by molar-refractivity contribution is 0.870. The monoisotopic (exact) mass is 367 g/mol. The van der Waals surface area contributed by atoms with E-state index in [1.807, 2.05) is 24.8 Å². The van der Waals surface area contributed by atoms with E-state index in [2.05, 4.69) is 51.6 Å². The van der Waals surface area contributed by atoms with Crippen molar-refractivity contribution in [3.05, 3.63) is 62.6 Å². The third kappa shape index (κ3) is 2.85. The van der Waals surface area contributed by atoms with E-state index in [-0.39, 0.29) is 0 Å². The summed E-state index contributed by atoms with van der Waals surface area (Å²) in [5.74, 6) is 2.18. The first-order valence-corrected chi connectivity index (χ1v) is 8.85. The quantitative estimate of drug-likeness (QED) is 0.717. The van der Waals surface area contributed by atoms with Crippen molar-refractivity contribution < 1.29 is 0 Å². The van der Waals surface area contributed by atoms with Crippen LogP contribution in [0.5, 0.6) is 0 Å². The molecule has 4 heteroatoms. The summed E-state index contributed by atoms with van der Waals surface area (Å²) in [7, 11) is 0. The van der Waals surface area contributed by atoms with Gasteiger partial charge >= 0.3 is 0 Å². The third-order valence-corrected chi connectivity index (χ3v) is 5.70. The molecular weight excluding hydrogens is 354 g/mol. The Hall–Kier alpha value is -0.640. The van der Waals surface area contributed by atoms with Crippen molar-refractivity contribution >= 4 is 45.0 Å². The lowest BCUT2D eigenvalue weighted by Gasteiger charge is -2.27. The summed E-state index contributed by atoms with van der Waals surface area (Å²) in [5.41, 5.74) is 4.97. The number of rotatable bonds is 2. The van der Waals surface area contributed by atoms with Gasteiger partial charge in [-0.25, -0.2) is 0 Å². The van der Waals surface area contributed by atoms with E-state index in [9.17, 15) is 0 Å². The molecule has 20 heavy (non-hydrogen) atoms. The Balaban J connectivity index is 1.91. The highest BCUT2D eigenvalue weighted by Crippen LogP contribution is 2.37. The van der Waals surface area contributed by atoms with Gasteiger partial charge in [0.2, 0.25) is 0 Å². The molecule has 0 spiro atoms. The van der Waals surface area contributed by atoms with Crippen molar-refractivity contribution in [2.24, 2.45) is 0 Å². The average molecular weight is 369 g/mol. The molecule has 1 aliphatic heterocycles. The molecule has 0 saturated carbocycles. The zero-order chi connectivity index (χ0) is 14.1. The number of halogens is 2. The van der Waals surface area contributed by atoms with Crippen molar-refractivity contribution in [3.8, 4) is 0 Å². The normalized spacial score (nSPS) is 17.6. The van der Waals surface area contributed by atoms with E-state index in [1.165, 1.54) is 11.1 Å². The minimum absolute atomic E-state index is 0.333.